The van der Waals surface area contributed by atoms with Crippen LogP contribution in [0.2, 0.25) is 0 Å². The van der Waals surface area contributed by atoms with Crippen molar-refractivity contribution in [2.45, 2.75) is 45.4 Å². The maximum atomic E-state index is 12.0. The van der Waals surface area contributed by atoms with Gasteiger partial charge in [-0.15, -0.1) is 34.2 Å². The van der Waals surface area contributed by atoms with Crippen LogP contribution >= 0.6 is 24.0 Å². The van der Waals surface area contributed by atoms with Gasteiger partial charge in [0.25, 0.3) is 0 Å². The Kier molecular flexibility index (Phi) is 10.6. The largest absolute Gasteiger partial charge is 0.355 e. The van der Waals surface area contributed by atoms with E-state index in [0.717, 1.165) is 31.3 Å². The third kappa shape index (κ3) is 8.09. The molecule has 1 rings (SSSR count). The van der Waals surface area contributed by atoms with Gasteiger partial charge in [0.2, 0.25) is 0 Å². The highest BCUT2D eigenvalue weighted by atomic mass is 127. The summed E-state index contributed by atoms with van der Waals surface area (Å²) in [5.41, 5.74) is 0. The fraction of sp³-hybridized carbons (Fsp3) is 0.786. The molecule has 9 heteroatoms. The van der Waals surface area contributed by atoms with Gasteiger partial charge in [-0.25, -0.2) is 0 Å². The Labute approximate surface area is 158 Å². The van der Waals surface area contributed by atoms with E-state index in [1.165, 1.54) is 0 Å². The lowest BCUT2D eigenvalue weighted by Crippen LogP contribution is -2.41. The van der Waals surface area contributed by atoms with Crippen molar-refractivity contribution >= 4 is 40.7 Å². The van der Waals surface area contributed by atoms with Crippen molar-refractivity contribution in [2.75, 3.05) is 25.9 Å². The third-order valence-electron chi connectivity index (χ3n) is 3.14. The zero-order valence-corrected chi connectivity index (χ0v) is 17.8. The standard InChI is InChI=1S/C14H28N6OS.HI/c1-6-12-19-18-11-20(12)9-7-16-13(15-5)17-8-10-22(21)14(2,3)4;/h11H,6-10H2,1-5H3,(H2,15,16,17);1H. The van der Waals surface area contributed by atoms with Crippen molar-refractivity contribution in [1.29, 1.82) is 0 Å². The average molecular weight is 456 g/mol. The van der Waals surface area contributed by atoms with Crippen LogP contribution < -0.4 is 10.6 Å². The molecule has 1 unspecified atom stereocenters. The van der Waals surface area contributed by atoms with Gasteiger partial charge >= 0.3 is 0 Å². The van der Waals surface area contributed by atoms with Crippen LogP contribution in [0.3, 0.4) is 0 Å². The predicted molar refractivity (Wildman–Crippen MR) is 107 cm³/mol. The summed E-state index contributed by atoms with van der Waals surface area (Å²) in [5, 5.41) is 14.4. The quantitative estimate of drug-likeness (QED) is 0.366. The summed E-state index contributed by atoms with van der Waals surface area (Å²) in [6.45, 7) is 10.2. The number of aromatic nitrogens is 3. The molecule has 7 nitrogen and oxygen atoms in total. The lowest BCUT2D eigenvalue weighted by atomic mass is 10.3. The van der Waals surface area contributed by atoms with Crippen LogP contribution in [0.15, 0.2) is 11.3 Å². The molecule has 0 bridgehead atoms. The fourth-order valence-corrected chi connectivity index (χ4v) is 2.72. The minimum atomic E-state index is -0.856. The first kappa shape index (κ1) is 22.3. The number of hydrogen-bond donors (Lipinski definition) is 2. The zero-order valence-electron chi connectivity index (χ0n) is 14.6. The summed E-state index contributed by atoms with van der Waals surface area (Å²) in [6.07, 6.45) is 2.61. The molecule has 0 amide bonds. The van der Waals surface area contributed by atoms with Gasteiger partial charge in [-0.3, -0.25) is 9.20 Å². The van der Waals surface area contributed by atoms with Gasteiger partial charge in [0, 0.05) is 54.4 Å². The van der Waals surface area contributed by atoms with Crippen molar-refractivity contribution in [1.82, 2.24) is 25.4 Å². The van der Waals surface area contributed by atoms with Crippen molar-refractivity contribution in [3.05, 3.63) is 12.2 Å². The minimum Gasteiger partial charge on any atom is -0.355 e. The summed E-state index contributed by atoms with van der Waals surface area (Å²) in [6, 6.07) is 0. The number of aryl methyl sites for hydroxylation is 1. The molecule has 0 radical (unpaired) electrons. The number of halogens is 1. The summed E-state index contributed by atoms with van der Waals surface area (Å²) in [5.74, 6) is 2.30. The minimum absolute atomic E-state index is 0. The first-order valence-electron chi connectivity index (χ1n) is 7.58. The second-order valence-corrected chi connectivity index (χ2v) is 8.21. The molecule has 1 atom stereocenters. The third-order valence-corrected chi connectivity index (χ3v) is 5.08. The Hall–Kier alpha value is -0.710. The number of rotatable bonds is 7. The van der Waals surface area contributed by atoms with Crippen LogP contribution in [-0.4, -0.2) is 55.6 Å². The smallest absolute Gasteiger partial charge is 0.191 e. The van der Waals surface area contributed by atoms with Crippen LogP contribution in [0.5, 0.6) is 0 Å². The lowest BCUT2D eigenvalue weighted by molar-refractivity contribution is 0.632. The van der Waals surface area contributed by atoms with Gasteiger partial charge in [0.1, 0.15) is 12.2 Å². The first-order valence-corrected chi connectivity index (χ1v) is 8.90. The Morgan fingerprint density at radius 2 is 2.00 bits per heavy atom. The Morgan fingerprint density at radius 3 is 2.57 bits per heavy atom. The van der Waals surface area contributed by atoms with Gasteiger partial charge in [0.05, 0.1) is 0 Å². The molecular weight excluding hydrogens is 427 g/mol. The monoisotopic (exact) mass is 456 g/mol. The second kappa shape index (κ2) is 11.0. The lowest BCUT2D eigenvalue weighted by Gasteiger charge is -2.18. The Balaban J connectivity index is 0.00000484. The zero-order chi connectivity index (χ0) is 16.6. The predicted octanol–water partition coefficient (Wildman–Crippen LogP) is 1.17. The van der Waals surface area contributed by atoms with Gasteiger partial charge in [-0.2, -0.15) is 0 Å². The van der Waals surface area contributed by atoms with Gasteiger partial charge in [0.15, 0.2) is 5.96 Å². The molecule has 134 valence electrons. The Bertz CT molecular complexity index is 512. The van der Waals surface area contributed by atoms with E-state index in [1.807, 2.05) is 25.3 Å². The highest BCUT2D eigenvalue weighted by Gasteiger charge is 2.18. The molecular formula is C14H29IN6OS. The molecule has 0 spiro atoms. The topological polar surface area (TPSA) is 84.2 Å². The molecule has 1 aromatic rings. The SMILES string of the molecule is CCc1nncn1CCNC(=NC)NCCS(=O)C(C)(C)C.I. The van der Waals surface area contributed by atoms with E-state index >= 15 is 0 Å². The highest BCUT2D eigenvalue weighted by molar-refractivity contribution is 14.0. The fourth-order valence-electron chi connectivity index (χ4n) is 1.82. The van der Waals surface area contributed by atoms with E-state index in [2.05, 4.69) is 32.7 Å². The van der Waals surface area contributed by atoms with Crippen molar-refractivity contribution < 1.29 is 4.21 Å². The number of hydrogen-bond acceptors (Lipinski definition) is 4. The molecule has 23 heavy (non-hydrogen) atoms. The number of nitrogens with zero attached hydrogens (tertiary/aromatic N) is 4. The molecule has 0 aliphatic heterocycles. The van der Waals surface area contributed by atoms with Gasteiger partial charge in [-0.1, -0.05) is 6.92 Å². The van der Waals surface area contributed by atoms with Gasteiger partial charge < -0.3 is 15.2 Å². The molecule has 0 aliphatic carbocycles. The van der Waals surface area contributed by atoms with E-state index in [-0.39, 0.29) is 28.7 Å². The summed E-state index contributed by atoms with van der Waals surface area (Å²) in [4.78, 5) is 4.16. The van der Waals surface area contributed by atoms with Crippen LogP contribution in [-0.2, 0) is 23.8 Å². The van der Waals surface area contributed by atoms with E-state index in [1.54, 1.807) is 13.4 Å². The Morgan fingerprint density at radius 1 is 1.35 bits per heavy atom. The molecule has 0 aromatic carbocycles. The van der Waals surface area contributed by atoms with Crippen molar-refractivity contribution in [2.24, 2.45) is 4.99 Å². The number of nitrogens with one attached hydrogen (secondary N) is 2. The summed E-state index contributed by atoms with van der Waals surface area (Å²) >= 11 is 0. The normalized spacial score (nSPS) is 13.3. The molecule has 2 N–H and O–H groups in total. The van der Waals surface area contributed by atoms with Crippen LogP contribution in [0.25, 0.3) is 0 Å². The first-order chi connectivity index (χ1) is 10.4. The maximum Gasteiger partial charge on any atom is 0.191 e. The molecule has 0 fully saturated rings. The average Bonchev–Trinajstić information content (AvgIpc) is 2.91. The van der Waals surface area contributed by atoms with E-state index in [9.17, 15) is 4.21 Å². The molecule has 1 aromatic heterocycles. The summed E-state index contributed by atoms with van der Waals surface area (Å²) < 4.78 is 13.8. The van der Waals surface area contributed by atoms with Crippen LogP contribution in [0.4, 0.5) is 0 Å². The molecule has 0 saturated heterocycles. The highest BCUT2D eigenvalue weighted by Crippen LogP contribution is 2.10. The van der Waals surface area contributed by atoms with Crippen LogP contribution in [0.1, 0.15) is 33.5 Å². The van der Waals surface area contributed by atoms with Crippen molar-refractivity contribution in [3.63, 3.8) is 0 Å². The van der Waals surface area contributed by atoms with Crippen LogP contribution in [0, 0.1) is 0 Å². The number of guanidine groups is 1. The van der Waals surface area contributed by atoms with E-state index < -0.39 is 10.8 Å². The van der Waals surface area contributed by atoms with Crippen molar-refractivity contribution in [3.8, 4) is 0 Å². The van der Waals surface area contributed by atoms with E-state index in [0.29, 0.717) is 12.3 Å². The number of aliphatic imine (C=N–C) groups is 1. The molecule has 0 saturated carbocycles. The maximum absolute atomic E-state index is 12.0. The summed E-state index contributed by atoms with van der Waals surface area (Å²) in [7, 11) is 0.872. The van der Waals surface area contributed by atoms with Gasteiger partial charge in [-0.05, 0) is 20.8 Å². The molecule has 0 aliphatic rings. The van der Waals surface area contributed by atoms with E-state index in [4.69, 9.17) is 0 Å². The second-order valence-electron chi connectivity index (χ2n) is 5.88. The molecule has 1 heterocycles.